The van der Waals surface area contributed by atoms with Gasteiger partial charge in [0.05, 0.1) is 26.2 Å². The lowest BCUT2D eigenvalue weighted by Crippen LogP contribution is -2.52. The van der Waals surface area contributed by atoms with Crippen LogP contribution in [-0.4, -0.2) is 64.7 Å². The Morgan fingerprint density at radius 1 is 1.08 bits per heavy atom. The van der Waals surface area contributed by atoms with Gasteiger partial charge in [0.15, 0.2) is 0 Å². The molecule has 0 spiro atoms. The van der Waals surface area contributed by atoms with Gasteiger partial charge in [-0.25, -0.2) is 8.42 Å². The molecule has 2 aromatic rings. The first-order chi connectivity index (χ1) is 17.5. The third-order valence-corrected chi connectivity index (χ3v) is 7.15. The molecule has 0 radical (unpaired) electrons. The van der Waals surface area contributed by atoms with Crippen molar-refractivity contribution in [3.8, 4) is 11.5 Å². The van der Waals surface area contributed by atoms with E-state index in [0.717, 1.165) is 29.0 Å². The quantitative estimate of drug-likeness (QED) is 0.356. The van der Waals surface area contributed by atoms with E-state index in [1.807, 2.05) is 19.9 Å². The van der Waals surface area contributed by atoms with Crippen LogP contribution in [0.1, 0.15) is 38.7 Å². The number of nitrogens with zero attached hydrogens (tertiary/aromatic N) is 2. The third-order valence-electron chi connectivity index (χ3n) is 5.79. The van der Waals surface area contributed by atoms with Crippen LogP contribution >= 0.6 is 11.6 Å². The molecule has 1 N–H and O–H groups in total. The van der Waals surface area contributed by atoms with E-state index in [-0.39, 0.29) is 28.9 Å². The average Bonchev–Trinajstić information content (AvgIpc) is 2.86. The zero-order valence-electron chi connectivity index (χ0n) is 22.0. The van der Waals surface area contributed by atoms with Gasteiger partial charge in [0.1, 0.15) is 24.1 Å². The van der Waals surface area contributed by atoms with Gasteiger partial charge >= 0.3 is 0 Å². The molecule has 37 heavy (non-hydrogen) atoms. The number of ether oxygens (including phenoxy) is 2. The van der Waals surface area contributed by atoms with E-state index < -0.39 is 28.5 Å². The number of sulfonamides is 1. The molecule has 11 heteroatoms. The second-order valence-electron chi connectivity index (χ2n) is 8.53. The molecule has 0 aliphatic carbocycles. The topological polar surface area (TPSA) is 105 Å². The first-order valence-corrected chi connectivity index (χ1v) is 14.3. The molecular weight excluding hydrogens is 518 g/mol. The molecule has 0 aromatic heterocycles. The first-order valence-electron chi connectivity index (χ1n) is 12.1. The Bertz CT molecular complexity index is 1170. The fourth-order valence-electron chi connectivity index (χ4n) is 3.85. The second-order valence-corrected chi connectivity index (χ2v) is 10.9. The van der Waals surface area contributed by atoms with Crippen molar-refractivity contribution in [3.63, 3.8) is 0 Å². The lowest BCUT2D eigenvalue weighted by molar-refractivity contribution is -0.140. The molecule has 204 valence electrons. The molecule has 0 aliphatic heterocycles. The van der Waals surface area contributed by atoms with Gasteiger partial charge in [0, 0.05) is 18.1 Å². The molecule has 0 saturated heterocycles. The molecular formula is C26H36ClN3O6S. The number of unbranched alkanes of at least 4 members (excludes halogenated alkanes) is 1. The number of hydrogen-bond donors (Lipinski definition) is 1. The summed E-state index contributed by atoms with van der Waals surface area (Å²) in [5.41, 5.74) is 0.867. The number of halogens is 1. The Kier molecular flexibility index (Phi) is 11.5. The second kappa shape index (κ2) is 14.1. The lowest BCUT2D eigenvalue weighted by Gasteiger charge is -2.33. The van der Waals surface area contributed by atoms with Crippen LogP contribution in [0.3, 0.4) is 0 Å². The monoisotopic (exact) mass is 553 g/mol. The zero-order chi connectivity index (χ0) is 27.6. The van der Waals surface area contributed by atoms with Crippen molar-refractivity contribution < 1.29 is 27.5 Å². The Hall–Kier alpha value is -2.98. The minimum atomic E-state index is -3.92. The molecule has 2 rings (SSSR count). The van der Waals surface area contributed by atoms with Crippen molar-refractivity contribution in [1.82, 2.24) is 10.2 Å². The zero-order valence-corrected chi connectivity index (χ0v) is 23.6. The molecule has 0 heterocycles. The van der Waals surface area contributed by atoms with Gasteiger partial charge in [-0.05, 0) is 48.7 Å². The van der Waals surface area contributed by atoms with Crippen LogP contribution in [-0.2, 0) is 26.2 Å². The molecule has 9 nitrogen and oxygen atoms in total. The maximum absolute atomic E-state index is 13.8. The minimum absolute atomic E-state index is 0.0834. The van der Waals surface area contributed by atoms with Gasteiger partial charge < -0.3 is 19.7 Å². The summed E-state index contributed by atoms with van der Waals surface area (Å²) in [7, 11) is -0.980. The van der Waals surface area contributed by atoms with Crippen LogP contribution in [0.25, 0.3) is 0 Å². The van der Waals surface area contributed by atoms with Crippen LogP contribution in [0.4, 0.5) is 5.69 Å². The van der Waals surface area contributed by atoms with Crippen molar-refractivity contribution in [2.24, 2.45) is 0 Å². The number of rotatable bonds is 14. The number of carbonyl (C=O) groups is 2. The van der Waals surface area contributed by atoms with Crippen LogP contribution in [0.2, 0.25) is 5.02 Å². The number of hydrogen-bond acceptors (Lipinski definition) is 6. The standard InChI is InChI=1S/C26H36ClN3O6S/c1-6-8-14-28-26(32)22(7-2)29(17-19-10-9-11-21(15-19)35-3)25(31)18-30(37(5,33)34)23-16-20(27)12-13-24(23)36-4/h9-13,15-16,22H,6-8,14,17-18H2,1-5H3,(H,28,32). The minimum Gasteiger partial charge on any atom is -0.497 e. The van der Waals surface area contributed by atoms with E-state index in [4.69, 9.17) is 21.1 Å². The molecule has 1 atom stereocenters. The Labute approximate surface area is 224 Å². The fourth-order valence-corrected chi connectivity index (χ4v) is 4.86. The molecule has 0 bridgehead atoms. The smallest absolute Gasteiger partial charge is 0.244 e. The Morgan fingerprint density at radius 3 is 2.41 bits per heavy atom. The van der Waals surface area contributed by atoms with Crippen LogP contribution in [0.5, 0.6) is 11.5 Å². The fraction of sp³-hybridized carbons (Fsp3) is 0.462. The van der Waals surface area contributed by atoms with Crippen molar-refractivity contribution in [2.45, 2.75) is 45.7 Å². The summed E-state index contributed by atoms with van der Waals surface area (Å²) in [6.45, 7) is 3.86. The Balaban J connectivity index is 2.49. The number of nitrogens with one attached hydrogen (secondary N) is 1. The number of anilines is 1. The molecule has 0 saturated carbocycles. The molecule has 1 unspecified atom stereocenters. The van der Waals surface area contributed by atoms with E-state index in [0.29, 0.717) is 18.7 Å². The maximum Gasteiger partial charge on any atom is 0.244 e. The van der Waals surface area contributed by atoms with E-state index in [9.17, 15) is 18.0 Å². The maximum atomic E-state index is 13.8. The summed E-state index contributed by atoms with van der Waals surface area (Å²) in [4.78, 5) is 28.3. The third kappa shape index (κ3) is 8.53. The van der Waals surface area contributed by atoms with Crippen molar-refractivity contribution in [2.75, 3.05) is 37.9 Å². The highest BCUT2D eigenvalue weighted by Crippen LogP contribution is 2.33. The highest BCUT2D eigenvalue weighted by Gasteiger charge is 2.32. The van der Waals surface area contributed by atoms with Crippen LogP contribution in [0.15, 0.2) is 42.5 Å². The summed E-state index contributed by atoms with van der Waals surface area (Å²) >= 11 is 6.14. The number of methoxy groups -OCH3 is 2. The predicted octanol–water partition coefficient (Wildman–Crippen LogP) is 3.85. The van der Waals surface area contributed by atoms with E-state index in [2.05, 4.69) is 5.32 Å². The average molecular weight is 554 g/mol. The van der Waals surface area contributed by atoms with Gasteiger partial charge in [-0.1, -0.05) is 44.0 Å². The molecule has 2 aromatic carbocycles. The lowest BCUT2D eigenvalue weighted by atomic mass is 10.1. The largest absolute Gasteiger partial charge is 0.497 e. The normalized spacial score (nSPS) is 11.9. The predicted molar refractivity (Wildman–Crippen MR) is 146 cm³/mol. The summed E-state index contributed by atoms with van der Waals surface area (Å²) in [6.07, 6.45) is 3.06. The molecule has 0 fully saturated rings. The van der Waals surface area contributed by atoms with Crippen LogP contribution in [0, 0.1) is 0 Å². The van der Waals surface area contributed by atoms with Gasteiger partial charge in [-0.2, -0.15) is 0 Å². The highest BCUT2D eigenvalue weighted by atomic mass is 35.5. The highest BCUT2D eigenvalue weighted by molar-refractivity contribution is 7.92. The van der Waals surface area contributed by atoms with Gasteiger partial charge in [0.25, 0.3) is 0 Å². The SMILES string of the molecule is CCCCNC(=O)C(CC)N(Cc1cccc(OC)c1)C(=O)CN(c1cc(Cl)ccc1OC)S(C)(=O)=O. The van der Waals surface area contributed by atoms with Gasteiger partial charge in [0.2, 0.25) is 21.8 Å². The summed E-state index contributed by atoms with van der Waals surface area (Å²) in [6, 6.07) is 10.9. The molecule has 2 amide bonds. The van der Waals surface area contributed by atoms with E-state index >= 15 is 0 Å². The first kappa shape index (κ1) is 30.2. The van der Waals surface area contributed by atoms with Crippen molar-refractivity contribution in [3.05, 3.63) is 53.1 Å². The number of carbonyl (C=O) groups excluding carboxylic acids is 2. The van der Waals surface area contributed by atoms with Crippen molar-refractivity contribution in [1.29, 1.82) is 0 Å². The number of amides is 2. The summed E-state index contributed by atoms with van der Waals surface area (Å²) < 4.78 is 37.2. The summed E-state index contributed by atoms with van der Waals surface area (Å²) in [5, 5.41) is 3.18. The van der Waals surface area contributed by atoms with Gasteiger partial charge in [-0.3, -0.25) is 13.9 Å². The van der Waals surface area contributed by atoms with Crippen LogP contribution < -0.4 is 19.1 Å². The number of benzene rings is 2. The van der Waals surface area contributed by atoms with Gasteiger partial charge in [-0.15, -0.1) is 0 Å². The van der Waals surface area contributed by atoms with E-state index in [1.54, 1.807) is 31.4 Å². The Morgan fingerprint density at radius 2 is 1.81 bits per heavy atom. The van der Waals surface area contributed by atoms with E-state index in [1.165, 1.54) is 24.1 Å². The summed E-state index contributed by atoms with van der Waals surface area (Å²) in [5.74, 6) is 0.00398. The van der Waals surface area contributed by atoms with Crippen molar-refractivity contribution >= 4 is 39.1 Å². The molecule has 0 aliphatic rings.